The second-order valence-electron chi connectivity index (χ2n) is 7.22. The van der Waals surface area contributed by atoms with Crippen molar-refractivity contribution in [1.29, 1.82) is 0 Å². The molecule has 0 saturated carbocycles. The van der Waals surface area contributed by atoms with E-state index >= 15 is 0 Å². The summed E-state index contributed by atoms with van der Waals surface area (Å²) in [6.07, 6.45) is -3.92. The van der Waals surface area contributed by atoms with Gasteiger partial charge in [-0.25, -0.2) is 9.78 Å². The van der Waals surface area contributed by atoms with Crippen molar-refractivity contribution in [2.75, 3.05) is 17.7 Å². The van der Waals surface area contributed by atoms with Crippen LogP contribution < -0.4 is 20.1 Å². The smallest absolute Gasteiger partial charge is 0.433 e. The number of ether oxygens (including phenoxy) is 2. The number of carbonyl (C=O) groups excluding carboxylic acids is 2. The Balaban J connectivity index is 1.63. The molecule has 0 aliphatic carbocycles. The summed E-state index contributed by atoms with van der Waals surface area (Å²) < 4.78 is 50.8. The molecule has 0 radical (unpaired) electrons. The molecule has 190 valence electrons. The zero-order chi connectivity index (χ0) is 26.1. The minimum atomic E-state index is -4.76. The first-order valence-electron chi connectivity index (χ1n) is 10.9. The minimum Gasteiger partial charge on any atom is -0.494 e. The normalized spacial score (nSPS) is 11.0. The number of hydrogen-bond donors (Lipinski definition) is 2. The summed E-state index contributed by atoms with van der Waals surface area (Å²) in [5.74, 6) is -0.669. The van der Waals surface area contributed by atoms with Gasteiger partial charge in [-0.1, -0.05) is 30.8 Å². The number of thioether (sulfide) groups is 1. The van der Waals surface area contributed by atoms with Crippen molar-refractivity contribution < 1.29 is 32.2 Å². The van der Waals surface area contributed by atoms with Crippen molar-refractivity contribution in [3.63, 3.8) is 0 Å². The Hall–Kier alpha value is -3.80. The molecule has 36 heavy (non-hydrogen) atoms. The number of aromatic nitrogens is 2. The predicted molar refractivity (Wildman–Crippen MR) is 128 cm³/mol. The molecule has 12 heteroatoms. The maximum atomic E-state index is 13.3. The van der Waals surface area contributed by atoms with Crippen LogP contribution in [0.4, 0.5) is 23.7 Å². The SMILES string of the molecule is CCOc1ccc(Oc2cc(C(F)(F)F)nc(SCC(=O)NC(=O)Nc3ccc(CC)cc3)n2)cc1. The number of urea groups is 1. The third-order valence-corrected chi connectivity index (χ3v) is 5.38. The highest BCUT2D eigenvalue weighted by atomic mass is 32.2. The molecule has 0 saturated heterocycles. The number of rotatable bonds is 9. The van der Waals surface area contributed by atoms with E-state index in [0.29, 0.717) is 35.9 Å². The average Bonchev–Trinajstić information content (AvgIpc) is 2.84. The molecular formula is C24H23F3N4O4S. The van der Waals surface area contributed by atoms with Crippen LogP contribution in [0, 0.1) is 0 Å². The zero-order valence-electron chi connectivity index (χ0n) is 19.4. The maximum Gasteiger partial charge on any atom is 0.433 e. The van der Waals surface area contributed by atoms with Gasteiger partial charge in [0.1, 0.15) is 11.5 Å². The largest absolute Gasteiger partial charge is 0.494 e. The summed E-state index contributed by atoms with van der Waals surface area (Å²) in [6.45, 7) is 4.28. The number of imide groups is 1. The third kappa shape index (κ3) is 8.15. The maximum absolute atomic E-state index is 13.3. The minimum absolute atomic E-state index is 0.239. The lowest BCUT2D eigenvalue weighted by Gasteiger charge is -2.11. The lowest BCUT2D eigenvalue weighted by atomic mass is 10.1. The van der Waals surface area contributed by atoms with Crippen LogP contribution in [0.2, 0.25) is 0 Å². The second-order valence-corrected chi connectivity index (χ2v) is 8.16. The number of carbonyl (C=O) groups is 2. The molecule has 0 aliphatic heterocycles. The molecular weight excluding hydrogens is 497 g/mol. The molecule has 0 atom stereocenters. The van der Waals surface area contributed by atoms with E-state index in [1.54, 1.807) is 24.3 Å². The van der Waals surface area contributed by atoms with E-state index in [4.69, 9.17) is 9.47 Å². The van der Waals surface area contributed by atoms with E-state index in [9.17, 15) is 22.8 Å². The van der Waals surface area contributed by atoms with Crippen LogP contribution in [-0.4, -0.2) is 34.3 Å². The van der Waals surface area contributed by atoms with E-state index in [1.807, 2.05) is 26.0 Å². The summed E-state index contributed by atoms with van der Waals surface area (Å²) in [4.78, 5) is 31.6. The van der Waals surface area contributed by atoms with E-state index in [-0.39, 0.29) is 16.8 Å². The Labute approximate surface area is 209 Å². The number of nitrogens with zero attached hydrogens (tertiary/aromatic N) is 2. The molecule has 2 aromatic carbocycles. The Bertz CT molecular complexity index is 1190. The third-order valence-electron chi connectivity index (χ3n) is 4.54. The van der Waals surface area contributed by atoms with Crippen molar-refractivity contribution in [3.8, 4) is 17.4 Å². The summed E-state index contributed by atoms with van der Waals surface area (Å²) in [7, 11) is 0. The molecule has 0 bridgehead atoms. The second kappa shape index (κ2) is 12.2. The Morgan fingerprint density at radius 1 is 0.972 bits per heavy atom. The first-order chi connectivity index (χ1) is 17.2. The number of nitrogens with one attached hydrogen (secondary N) is 2. The van der Waals surface area contributed by atoms with Crippen molar-refractivity contribution in [2.45, 2.75) is 31.6 Å². The number of halogens is 3. The fourth-order valence-electron chi connectivity index (χ4n) is 2.84. The van der Waals surface area contributed by atoms with Crippen molar-refractivity contribution in [1.82, 2.24) is 15.3 Å². The van der Waals surface area contributed by atoms with Crippen LogP contribution in [0.25, 0.3) is 0 Å². The van der Waals surface area contributed by atoms with Crippen LogP contribution in [0.1, 0.15) is 25.1 Å². The molecule has 3 aromatic rings. The average molecular weight is 521 g/mol. The van der Waals surface area contributed by atoms with Gasteiger partial charge >= 0.3 is 12.2 Å². The van der Waals surface area contributed by atoms with Gasteiger partial charge in [-0.2, -0.15) is 18.2 Å². The van der Waals surface area contributed by atoms with E-state index in [2.05, 4.69) is 20.6 Å². The van der Waals surface area contributed by atoms with Gasteiger partial charge < -0.3 is 14.8 Å². The highest BCUT2D eigenvalue weighted by molar-refractivity contribution is 7.99. The number of anilines is 1. The van der Waals surface area contributed by atoms with E-state index in [1.165, 1.54) is 12.1 Å². The zero-order valence-corrected chi connectivity index (χ0v) is 20.2. The molecule has 1 aromatic heterocycles. The summed E-state index contributed by atoms with van der Waals surface area (Å²) in [5, 5.41) is 4.29. The first-order valence-corrected chi connectivity index (χ1v) is 11.8. The number of benzene rings is 2. The van der Waals surface area contributed by atoms with Gasteiger partial charge in [0, 0.05) is 11.8 Å². The lowest BCUT2D eigenvalue weighted by molar-refractivity contribution is -0.141. The van der Waals surface area contributed by atoms with Crippen molar-refractivity contribution in [3.05, 3.63) is 65.9 Å². The highest BCUT2D eigenvalue weighted by Gasteiger charge is 2.34. The quantitative estimate of drug-likeness (QED) is 0.276. The van der Waals surface area contributed by atoms with Crippen LogP contribution in [0.5, 0.6) is 17.4 Å². The fourth-order valence-corrected chi connectivity index (χ4v) is 3.49. The summed E-state index contributed by atoms with van der Waals surface area (Å²) in [6, 6.07) is 13.2. The van der Waals surface area contributed by atoms with Gasteiger partial charge in [-0.05, 0) is 55.3 Å². The Morgan fingerprint density at radius 2 is 1.64 bits per heavy atom. The molecule has 1 heterocycles. The fraction of sp³-hybridized carbons (Fsp3) is 0.250. The van der Waals surface area contributed by atoms with E-state index in [0.717, 1.165) is 12.0 Å². The van der Waals surface area contributed by atoms with Crippen molar-refractivity contribution in [2.24, 2.45) is 0 Å². The molecule has 3 rings (SSSR count). The molecule has 0 aliphatic rings. The van der Waals surface area contributed by atoms with Crippen LogP contribution in [-0.2, 0) is 17.4 Å². The van der Waals surface area contributed by atoms with Gasteiger partial charge in [0.2, 0.25) is 11.8 Å². The van der Waals surface area contributed by atoms with Gasteiger partial charge in [-0.3, -0.25) is 10.1 Å². The van der Waals surface area contributed by atoms with Crippen LogP contribution in [0.3, 0.4) is 0 Å². The highest BCUT2D eigenvalue weighted by Crippen LogP contribution is 2.32. The number of hydrogen-bond acceptors (Lipinski definition) is 7. The van der Waals surface area contributed by atoms with Gasteiger partial charge in [0.25, 0.3) is 0 Å². The van der Waals surface area contributed by atoms with Crippen molar-refractivity contribution >= 4 is 29.4 Å². The molecule has 3 amide bonds. The Morgan fingerprint density at radius 3 is 2.25 bits per heavy atom. The molecule has 2 N–H and O–H groups in total. The van der Waals surface area contributed by atoms with E-state index < -0.39 is 29.6 Å². The Kier molecular flexibility index (Phi) is 9.12. The number of aryl methyl sites for hydroxylation is 1. The summed E-state index contributed by atoms with van der Waals surface area (Å²) >= 11 is 0.632. The topological polar surface area (TPSA) is 102 Å². The van der Waals surface area contributed by atoms with Gasteiger partial charge in [0.15, 0.2) is 10.9 Å². The number of amides is 3. The van der Waals surface area contributed by atoms with Gasteiger partial charge in [0.05, 0.1) is 12.4 Å². The van der Waals surface area contributed by atoms with Crippen LogP contribution >= 0.6 is 11.8 Å². The summed E-state index contributed by atoms with van der Waals surface area (Å²) in [5.41, 5.74) is 0.345. The lowest BCUT2D eigenvalue weighted by Crippen LogP contribution is -2.35. The van der Waals surface area contributed by atoms with Gasteiger partial charge in [-0.15, -0.1) is 0 Å². The first kappa shape index (κ1) is 26.8. The monoisotopic (exact) mass is 520 g/mol. The number of alkyl halides is 3. The molecule has 0 unspecified atom stereocenters. The molecule has 0 spiro atoms. The molecule has 8 nitrogen and oxygen atoms in total. The molecule has 0 fully saturated rings. The predicted octanol–water partition coefficient (Wildman–Crippen LogP) is 5.69. The standard InChI is InChI=1S/C24H23F3N4O4S/c1-3-15-5-7-16(8-6-15)28-22(33)30-20(32)14-36-23-29-19(24(25,26)27)13-21(31-23)35-18-11-9-17(10-12-18)34-4-2/h5-13H,3-4,14H2,1-2H3,(H2,28,30,32,33). The van der Waals surface area contributed by atoms with Crippen LogP contribution in [0.15, 0.2) is 59.8 Å².